The predicted molar refractivity (Wildman–Crippen MR) is 257 cm³/mol. The van der Waals surface area contributed by atoms with Gasteiger partial charge < -0.3 is 58.5 Å². The van der Waals surface area contributed by atoms with Gasteiger partial charge in [0.25, 0.3) is 28.7 Å². The van der Waals surface area contributed by atoms with Crippen molar-refractivity contribution in [3.8, 4) is 23.7 Å². The number of carbonyl (C=O) groups excluding carboxylic acids is 3. The van der Waals surface area contributed by atoms with Crippen LogP contribution in [0.3, 0.4) is 0 Å². The van der Waals surface area contributed by atoms with Crippen molar-refractivity contribution in [2.75, 3.05) is 67.1 Å². The number of non-ortho nitro benzene ring substituents is 1. The first kappa shape index (κ1) is 56.5. The highest BCUT2D eigenvalue weighted by molar-refractivity contribution is 7.52. The minimum Gasteiger partial charge on any atom is -0.449 e. The zero-order valence-electron chi connectivity index (χ0n) is 40.4. The maximum atomic E-state index is 12.6. The molecule has 8 rings (SSSR count). The van der Waals surface area contributed by atoms with Crippen molar-refractivity contribution in [1.82, 2.24) is 25.1 Å². The van der Waals surface area contributed by atoms with Gasteiger partial charge in [-0.15, -0.1) is 0 Å². The molecule has 6 heterocycles. The lowest BCUT2D eigenvalue weighted by molar-refractivity contribution is -0.394. The van der Waals surface area contributed by atoms with Gasteiger partial charge in [-0.05, 0) is 18.2 Å². The second-order valence-electron chi connectivity index (χ2n) is 17.2. The first-order valence-electron chi connectivity index (χ1n) is 22.2. The summed E-state index contributed by atoms with van der Waals surface area (Å²) in [6.07, 6.45) is -3.28. The van der Waals surface area contributed by atoms with Gasteiger partial charge in [0.2, 0.25) is 0 Å². The normalized spacial score (nSPS) is 26.4. The number of aromatic amines is 1. The summed E-state index contributed by atoms with van der Waals surface area (Å²) in [6, 6.07) is 11.0. The molecule has 0 saturated carbocycles. The molecule has 1 aromatic heterocycles. The van der Waals surface area contributed by atoms with E-state index in [-0.39, 0.29) is 50.0 Å². The maximum Gasteiger partial charge on any atom is 0.339 e. The third kappa shape index (κ3) is 12.5. The number of amides is 2. The van der Waals surface area contributed by atoms with Crippen LogP contribution in [0.1, 0.15) is 32.5 Å². The third-order valence-electron chi connectivity index (χ3n) is 11.6. The number of ether oxygens (including phenoxy) is 7. The lowest BCUT2D eigenvalue weighted by Gasteiger charge is -2.38. The number of nitrogens with one attached hydrogen (secondary N) is 3. The molecular formula is C45H47N7O22P2. The molecule has 4 bridgehead atoms. The number of rotatable bonds is 16. The van der Waals surface area contributed by atoms with Crippen LogP contribution in [0.2, 0.25) is 0 Å². The molecule has 5 N–H and O–H groups in total. The Bertz CT molecular complexity index is 3210. The molecule has 404 valence electrons. The van der Waals surface area contributed by atoms with Crippen LogP contribution in [0, 0.1) is 43.9 Å². The van der Waals surface area contributed by atoms with E-state index in [1.54, 1.807) is 30.3 Å². The highest BCUT2D eigenvalue weighted by atomic mass is 31.2. The molecule has 4 unspecified atom stereocenters. The van der Waals surface area contributed by atoms with Gasteiger partial charge in [-0.2, -0.15) is 0 Å². The van der Waals surface area contributed by atoms with E-state index in [0.717, 1.165) is 36.2 Å². The van der Waals surface area contributed by atoms with Crippen LogP contribution < -0.4 is 21.9 Å². The van der Waals surface area contributed by atoms with E-state index in [1.807, 2.05) is 0 Å². The number of carbonyl (C=O) groups is 3. The predicted octanol–water partition coefficient (Wildman–Crippen LogP) is 0.622. The van der Waals surface area contributed by atoms with E-state index < -0.39 is 126 Å². The number of nitro benzene ring substituents is 2. The highest BCUT2D eigenvalue weighted by Crippen LogP contribution is 2.53. The van der Waals surface area contributed by atoms with E-state index in [2.05, 4.69) is 45.9 Å². The number of nitrogens with zero attached hydrogens (tertiary/aromatic N) is 4. The molecule has 10 atom stereocenters. The Kier molecular flexibility index (Phi) is 17.1. The fraction of sp³-hybridized carbons (Fsp3) is 0.400. The summed E-state index contributed by atoms with van der Waals surface area (Å²) in [5, 5.41) is 27.0. The lowest BCUT2D eigenvalue weighted by atomic mass is 10.0. The van der Waals surface area contributed by atoms with Crippen molar-refractivity contribution < 1.29 is 85.4 Å². The van der Waals surface area contributed by atoms with Crippen LogP contribution >= 0.6 is 15.2 Å². The summed E-state index contributed by atoms with van der Waals surface area (Å²) < 4.78 is 74.9. The maximum absolute atomic E-state index is 12.6. The molecule has 2 amide bonds. The van der Waals surface area contributed by atoms with Gasteiger partial charge in [-0.25, -0.2) is 9.59 Å². The van der Waals surface area contributed by atoms with Gasteiger partial charge in [0.1, 0.15) is 58.1 Å². The van der Waals surface area contributed by atoms with Crippen LogP contribution in [0.15, 0.2) is 88.5 Å². The molecule has 76 heavy (non-hydrogen) atoms. The van der Waals surface area contributed by atoms with Crippen molar-refractivity contribution in [3.05, 3.63) is 137 Å². The summed E-state index contributed by atoms with van der Waals surface area (Å²) in [4.78, 5) is 105. The largest absolute Gasteiger partial charge is 0.449 e. The molecule has 5 aliphatic heterocycles. The Hall–Kier alpha value is -7.21. The van der Waals surface area contributed by atoms with Crippen molar-refractivity contribution in [1.29, 1.82) is 0 Å². The molecule has 4 saturated heterocycles. The minimum atomic E-state index is -4.01. The Balaban J connectivity index is 0.000000224. The van der Waals surface area contributed by atoms with Crippen LogP contribution in [-0.2, 0) is 56.1 Å². The molecule has 2 aromatic carbocycles. The number of benzene rings is 2. The van der Waals surface area contributed by atoms with E-state index in [0.29, 0.717) is 11.6 Å². The van der Waals surface area contributed by atoms with Crippen LogP contribution in [0.25, 0.3) is 0 Å². The standard InChI is InChI=1S/C23H25N2O9P.C22H22N5O13P/c1-15-24-20(26)17(10-7-11-31-22(27)16-8-5-4-6-9-16)12-25(15)21-18-19(34-35(3,28)29)23(33-21,13-30-2)14-32-18;1-37-10-22-11-38-16(17(22)40-41(2,35)36)20(39-22)25-9-12(18(28)24-21(25)30)4-3-7-23-19(29)14-6-5-13(26(31)32)8-15(14)27(33)34/h4-6,8-9,12,18-19,21H,1,11,13-14H2,2-3H3,(H,24,26)(H,28,29);5-6,8-9,16-17,20H,7,10-11H2,1-2H3,(H,23,29)(H,35,36)(H,24,28,30)/t18?,19-,21-,23+;16?,17-,20-,22+/m11/s1. The summed E-state index contributed by atoms with van der Waals surface area (Å²) in [7, 11) is -5.04. The van der Waals surface area contributed by atoms with Crippen LogP contribution in [0.4, 0.5) is 11.4 Å². The molecule has 5 aliphatic rings. The van der Waals surface area contributed by atoms with Crippen molar-refractivity contribution in [2.45, 2.75) is 48.1 Å². The van der Waals surface area contributed by atoms with E-state index >= 15 is 0 Å². The Morgan fingerprint density at radius 3 is 2.08 bits per heavy atom. The number of H-pyrrole nitrogens is 1. The van der Waals surface area contributed by atoms with Gasteiger partial charge in [-0.3, -0.25) is 62.3 Å². The molecule has 4 fully saturated rings. The van der Waals surface area contributed by atoms with E-state index in [9.17, 15) is 63.1 Å². The number of aromatic nitrogens is 2. The van der Waals surface area contributed by atoms with E-state index in [1.165, 1.54) is 25.3 Å². The van der Waals surface area contributed by atoms with Gasteiger partial charge in [0.05, 0.1) is 54.4 Å². The average Bonchev–Trinajstić information content (AvgIpc) is 4.07. The number of hydrogen-bond acceptors (Lipinski definition) is 21. The third-order valence-corrected chi connectivity index (χ3v) is 12.9. The SMILES string of the molecule is C=C1NC(=O)C(C#CCOC(=O)c2ccccc2)=CN1[C@@H]1O[C@@]2(COC)COC1[C@H]2OP(C)(=O)O.COC[C@@]12COC([C@H](n3cc(C#CCNC(=O)c4ccc([N+](=O)[O-])cc4[N+](=O)[O-])c(=O)[nH]c3=O)O1)[C@H]2OP(C)(=O)O. The van der Waals surface area contributed by atoms with Crippen molar-refractivity contribution in [2.24, 2.45) is 0 Å². The number of nitro groups is 2. The number of esters is 1. The smallest absolute Gasteiger partial charge is 0.339 e. The Morgan fingerprint density at radius 2 is 1.50 bits per heavy atom. The zero-order valence-corrected chi connectivity index (χ0v) is 42.2. The van der Waals surface area contributed by atoms with Crippen LogP contribution in [0.5, 0.6) is 0 Å². The molecule has 0 spiro atoms. The summed E-state index contributed by atoms with van der Waals surface area (Å²) >= 11 is 0. The summed E-state index contributed by atoms with van der Waals surface area (Å²) in [5.41, 5.74) is -5.76. The molecule has 31 heteroatoms. The number of fused-ring (bicyclic) bond motifs is 4. The molecule has 3 aromatic rings. The minimum absolute atomic E-state index is 0.0515. The fourth-order valence-electron chi connectivity index (χ4n) is 8.51. The zero-order chi connectivity index (χ0) is 55.3. The second kappa shape index (κ2) is 22.9. The average molecular weight is 1100 g/mol. The van der Waals surface area contributed by atoms with E-state index in [4.69, 9.17) is 42.2 Å². The Labute approximate surface area is 429 Å². The van der Waals surface area contributed by atoms with Gasteiger partial charge in [-0.1, -0.05) is 48.5 Å². The summed E-state index contributed by atoms with van der Waals surface area (Å²) in [5.74, 6) is 8.51. The second-order valence-corrected chi connectivity index (χ2v) is 20.9. The Morgan fingerprint density at radius 1 is 0.895 bits per heavy atom. The quantitative estimate of drug-likeness (QED) is 0.0431. The number of methoxy groups -OCH3 is 2. The first-order valence-corrected chi connectivity index (χ1v) is 26.3. The number of hydrogen-bond donors (Lipinski definition) is 5. The van der Waals surface area contributed by atoms with Crippen molar-refractivity contribution in [3.63, 3.8) is 0 Å². The fourth-order valence-corrected chi connectivity index (χ4v) is 9.97. The highest BCUT2D eigenvalue weighted by Gasteiger charge is 2.66. The first-order chi connectivity index (χ1) is 35.9. The molecule has 29 nitrogen and oxygen atoms in total. The van der Waals surface area contributed by atoms with Crippen LogP contribution in [-0.4, -0.2) is 161 Å². The van der Waals surface area contributed by atoms with Gasteiger partial charge >= 0.3 is 26.9 Å². The topological polar surface area (TPSA) is 377 Å². The summed E-state index contributed by atoms with van der Waals surface area (Å²) in [6.45, 7) is 5.31. The molecule has 0 aliphatic carbocycles. The lowest BCUT2D eigenvalue weighted by Crippen LogP contribution is -2.50. The van der Waals surface area contributed by atoms with Gasteiger partial charge in [0.15, 0.2) is 19.1 Å². The van der Waals surface area contributed by atoms with Crippen molar-refractivity contribution >= 4 is 44.3 Å². The molecular weight excluding hydrogens is 1050 g/mol. The van der Waals surface area contributed by atoms with Gasteiger partial charge in [0, 0.05) is 46.0 Å². The molecule has 0 radical (unpaired) electrons. The monoisotopic (exact) mass is 1100 g/mol.